The Morgan fingerprint density at radius 3 is 2.57 bits per heavy atom. The van der Waals surface area contributed by atoms with E-state index in [0.717, 1.165) is 64.3 Å². The van der Waals surface area contributed by atoms with Gasteiger partial charge in [0.05, 0.1) is 0 Å². The molecule has 0 spiro atoms. The molecule has 1 amide bonds. The molecule has 2 saturated carbocycles. The smallest absolute Gasteiger partial charge is 0.229 e. The molecule has 2 unspecified atom stereocenters. The SMILES string of the molecule is CCC1(C(=O)N2CCCC2C2CCCCC2=O)CCCC1. The van der Waals surface area contributed by atoms with E-state index in [4.69, 9.17) is 0 Å². The maximum Gasteiger partial charge on any atom is 0.229 e. The summed E-state index contributed by atoms with van der Waals surface area (Å²) in [7, 11) is 0. The second-order valence-corrected chi connectivity index (χ2v) is 7.37. The molecule has 1 aliphatic heterocycles. The lowest BCUT2D eigenvalue weighted by Gasteiger charge is -2.38. The van der Waals surface area contributed by atoms with E-state index in [2.05, 4.69) is 11.8 Å². The van der Waals surface area contributed by atoms with Crippen molar-refractivity contribution in [3.05, 3.63) is 0 Å². The molecule has 3 nitrogen and oxygen atoms in total. The first-order valence-electron chi connectivity index (χ1n) is 9.02. The molecule has 0 aromatic carbocycles. The van der Waals surface area contributed by atoms with Gasteiger partial charge in [-0.15, -0.1) is 0 Å². The highest BCUT2D eigenvalue weighted by molar-refractivity contribution is 5.86. The van der Waals surface area contributed by atoms with E-state index in [1.54, 1.807) is 0 Å². The van der Waals surface area contributed by atoms with Crippen molar-refractivity contribution in [3.63, 3.8) is 0 Å². The van der Waals surface area contributed by atoms with Crippen LogP contribution in [0, 0.1) is 11.3 Å². The first kappa shape index (κ1) is 15.1. The van der Waals surface area contributed by atoms with Gasteiger partial charge in [0.15, 0.2) is 0 Å². The van der Waals surface area contributed by atoms with Gasteiger partial charge >= 0.3 is 0 Å². The van der Waals surface area contributed by atoms with Gasteiger partial charge in [0.25, 0.3) is 0 Å². The van der Waals surface area contributed by atoms with Crippen LogP contribution in [0.3, 0.4) is 0 Å². The molecule has 3 fully saturated rings. The van der Waals surface area contributed by atoms with Gasteiger partial charge in [0.2, 0.25) is 5.91 Å². The molecule has 0 aromatic heterocycles. The van der Waals surface area contributed by atoms with Crippen molar-refractivity contribution in [2.75, 3.05) is 6.54 Å². The quantitative estimate of drug-likeness (QED) is 0.795. The van der Waals surface area contributed by atoms with E-state index in [-0.39, 0.29) is 17.4 Å². The maximum absolute atomic E-state index is 13.2. The summed E-state index contributed by atoms with van der Waals surface area (Å²) in [4.78, 5) is 27.6. The van der Waals surface area contributed by atoms with Gasteiger partial charge in [-0.2, -0.15) is 0 Å². The largest absolute Gasteiger partial charge is 0.339 e. The summed E-state index contributed by atoms with van der Waals surface area (Å²) in [5.74, 6) is 0.937. The van der Waals surface area contributed by atoms with Crippen LogP contribution < -0.4 is 0 Å². The predicted octanol–water partition coefficient (Wildman–Crippen LogP) is 3.71. The Kier molecular flexibility index (Phi) is 4.37. The van der Waals surface area contributed by atoms with Gasteiger partial charge in [-0.1, -0.05) is 26.2 Å². The third kappa shape index (κ3) is 2.64. The highest BCUT2D eigenvalue weighted by Crippen LogP contribution is 2.44. The minimum absolute atomic E-state index is 0.0969. The van der Waals surface area contributed by atoms with Gasteiger partial charge in [-0.3, -0.25) is 9.59 Å². The number of carbonyl (C=O) groups is 2. The number of hydrogen-bond acceptors (Lipinski definition) is 2. The van der Waals surface area contributed by atoms with Crippen molar-refractivity contribution in [2.24, 2.45) is 11.3 Å². The Hall–Kier alpha value is -0.860. The molecule has 3 rings (SSSR count). The number of hydrogen-bond donors (Lipinski definition) is 0. The lowest BCUT2D eigenvalue weighted by molar-refractivity contribution is -0.145. The van der Waals surface area contributed by atoms with Crippen molar-refractivity contribution < 1.29 is 9.59 Å². The second-order valence-electron chi connectivity index (χ2n) is 7.37. The Bertz CT molecular complexity index is 411. The average molecular weight is 291 g/mol. The van der Waals surface area contributed by atoms with E-state index < -0.39 is 0 Å². The summed E-state index contributed by atoms with van der Waals surface area (Å²) in [6.45, 7) is 3.05. The third-order valence-corrected chi connectivity index (χ3v) is 6.32. The molecule has 0 radical (unpaired) electrons. The molecule has 1 heterocycles. The second kappa shape index (κ2) is 6.10. The number of nitrogens with zero attached hydrogens (tertiary/aromatic N) is 1. The highest BCUT2D eigenvalue weighted by Gasteiger charge is 2.47. The van der Waals surface area contributed by atoms with Gasteiger partial charge in [-0.25, -0.2) is 0 Å². The summed E-state index contributed by atoms with van der Waals surface area (Å²) in [6, 6.07) is 0.217. The van der Waals surface area contributed by atoms with Crippen molar-refractivity contribution in [3.8, 4) is 0 Å². The van der Waals surface area contributed by atoms with Gasteiger partial charge < -0.3 is 4.90 Å². The van der Waals surface area contributed by atoms with E-state index >= 15 is 0 Å². The number of carbonyl (C=O) groups excluding carboxylic acids is 2. The predicted molar refractivity (Wildman–Crippen MR) is 82.9 cm³/mol. The Balaban J connectivity index is 1.77. The molecule has 1 saturated heterocycles. The minimum Gasteiger partial charge on any atom is -0.339 e. The number of likely N-dealkylation sites (tertiary alicyclic amines) is 1. The van der Waals surface area contributed by atoms with E-state index in [1.807, 2.05) is 0 Å². The van der Waals surface area contributed by atoms with Gasteiger partial charge in [0, 0.05) is 30.3 Å². The molecule has 0 aromatic rings. The lowest BCUT2D eigenvalue weighted by Crippen LogP contribution is -2.49. The molecule has 2 aliphatic carbocycles. The first-order valence-corrected chi connectivity index (χ1v) is 9.02. The topological polar surface area (TPSA) is 37.4 Å². The molecule has 2 atom stereocenters. The number of Topliss-reactive ketones (excluding diaryl/α,β-unsaturated/α-hetero) is 1. The van der Waals surface area contributed by atoms with Crippen molar-refractivity contribution in [1.82, 2.24) is 4.90 Å². The minimum atomic E-state index is -0.0969. The monoisotopic (exact) mass is 291 g/mol. The molecule has 118 valence electrons. The number of amides is 1. The maximum atomic E-state index is 13.2. The van der Waals surface area contributed by atoms with Crippen LogP contribution in [0.25, 0.3) is 0 Å². The number of ketones is 1. The standard InChI is InChI=1S/C18H29NO2/c1-2-18(11-5-6-12-18)17(21)19-13-7-9-15(19)14-8-3-4-10-16(14)20/h14-15H,2-13H2,1H3. The van der Waals surface area contributed by atoms with Gasteiger partial charge in [-0.05, 0) is 44.9 Å². The zero-order valence-corrected chi connectivity index (χ0v) is 13.4. The Labute approximate surface area is 128 Å². The summed E-state index contributed by atoms with van der Waals surface area (Å²) in [5, 5.41) is 0. The summed E-state index contributed by atoms with van der Waals surface area (Å²) in [6.07, 6.45) is 11.6. The van der Waals surface area contributed by atoms with E-state index in [0.29, 0.717) is 11.7 Å². The fourth-order valence-corrected chi connectivity index (χ4v) is 4.95. The van der Waals surface area contributed by atoms with Crippen molar-refractivity contribution in [1.29, 1.82) is 0 Å². The summed E-state index contributed by atoms with van der Waals surface area (Å²) < 4.78 is 0. The molecule has 0 N–H and O–H groups in total. The molecule has 3 heteroatoms. The normalized spacial score (nSPS) is 32.6. The number of rotatable bonds is 3. The molecular formula is C18H29NO2. The van der Waals surface area contributed by atoms with Crippen LogP contribution in [-0.2, 0) is 9.59 Å². The Morgan fingerprint density at radius 2 is 1.90 bits per heavy atom. The Morgan fingerprint density at radius 1 is 1.14 bits per heavy atom. The van der Waals surface area contributed by atoms with Crippen molar-refractivity contribution in [2.45, 2.75) is 83.6 Å². The van der Waals surface area contributed by atoms with Gasteiger partial charge in [0.1, 0.15) is 5.78 Å². The fraction of sp³-hybridized carbons (Fsp3) is 0.889. The summed E-state index contributed by atoms with van der Waals surface area (Å²) >= 11 is 0. The van der Waals surface area contributed by atoms with Crippen LogP contribution >= 0.6 is 0 Å². The van der Waals surface area contributed by atoms with Crippen LogP contribution in [0.5, 0.6) is 0 Å². The fourth-order valence-electron chi connectivity index (χ4n) is 4.95. The zero-order chi connectivity index (χ0) is 14.9. The van der Waals surface area contributed by atoms with Crippen LogP contribution in [0.15, 0.2) is 0 Å². The molecule has 3 aliphatic rings. The lowest BCUT2D eigenvalue weighted by atomic mass is 9.79. The van der Waals surface area contributed by atoms with Crippen LogP contribution in [-0.4, -0.2) is 29.2 Å². The molecule has 0 bridgehead atoms. The zero-order valence-electron chi connectivity index (χ0n) is 13.4. The first-order chi connectivity index (χ1) is 10.2. The highest BCUT2D eigenvalue weighted by atomic mass is 16.2. The molecular weight excluding hydrogens is 262 g/mol. The molecule has 21 heavy (non-hydrogen) atoms. The van der Waals surface area contributed by atoms with Crippen LogP contribution in [0.1, 0.15) is 77.6 Å². The third-order valence-electron chi connectivity index (χ3n) is 6.32. The van der Waals surface area contributed by atoms with E-state index in [9.17, 15) is 9.59 Å². The summed E-state index contributed by atoms with van der Waals surface area (Å²) in [5.41, 5.74) is -0.0969. The van der Waals surface area contributed by atoms with E-state index in [1.165, 1.54) is 12.8 Å². The van der Waals surface area contributed by atoms with Crippen LogP contribution in [0.4, 0.5) is 0 Å². The van der Waals surface area contributed by atoms with Crippen LogP contribution in [0.2, 0.25) is 0 Å². The van der Waals surface area contributed by atoms with Crippen molar-refractivity contribution >= 4 is 11.7 Å². The average Bonchev–Trinajstić information content (AvgIpc) is 3.17.